The number of methoxy groups -OCH3 is 1. The standard InChI is InChI=1S/C26H24N2O2/c1-30-20-13-11-17(12-14-20)19-15-23-25(24(29)16-19)26(18-7-3-2-4-8-18)28-22-10-6-5-9-21(22)27-23/h2-14,19,25-26,28H,15-16H2,1H3/t19-,25?,26-/m1/s1. The third-order valence-corrected chi connectivity index (χ3v) is 6.17. The summed E-state index contributed by atoms with van der Waals surface area (Å²) in [6.07, 6.45) is 1.31. The van der Waals surface area contributed by atoms with Crippen LogP contribution in [0.4, 0.5) is 11.4 Å². The number of ether oxygens (including phenoxy) is 1. The molecule has 1 aliphatic heterocycles. The third-order valence-electron chi connectivity index (χ3n) is 6.17. The zero-order chi connectivity index (χ0) is 20.5. The highest BCUT2D eigenvalue weighted by atomic mass is 16.5. The molecule has 4 heteroatoms. The van der Waals surface area contributed by atoms with E-state index in [0.717, 1.165) is 40.4 Å². The molecule has 30 heavy (non-hydrogen) atoms. The number of aliphatic imine (C=N–C) groups is 1. The van der Waals surface area contributed by atoms with Gasteiger partial charge in [0.2, 0.25) is 0 Å². The first kappa shape index (κ1) is 18.6. The Balaban J connectivity index is 1.56. The Hall–Kier alpha value is -3.40. The number of anilines is 1. The number of hydrogen-bond donors (Lipinski definition) is 1. The molecule has 0 radical (unpaired) electrons. The number of benzene rings is 3. The van der Waals surface area contributed by atoms with Crippen LogP contribution in [-0.2, 0) is 4.79 Å². The van der Waals surface area contributed by atoms with Crippen LogP contribution in [-0.4, -0.2) is 18.6 Å². The number of nitrogens with zero attached hydrogens (tertiary/aromatic N) is 1. The summed E-state index contributed by atoms with van der Waals surface area (Å²) in [5, 5.41) is 3.62. The highest BCUT2D eigenvalue weighted by Crippen LogP contribution is 2.43. The molecule has 1 unspecified atom stereocenters. The van der Waals surface area contributed by atoms with Gasteiger partial charge in [-0.15, -0.1) is 0 Å². The maximum absolute atomic E-state index is 13.5. The van der Waals surface area contributed by atoms with E-state index in [1.807, 2.05) is 54.6 Å². The normalized spacial score (nSPS) is 22.8. The fraction of sp³-hybridized carbons (Fsp3) is 0.231. The second-order valence-corrected chi connectivity index (χ2v) is 7.98. The summed E-state index contributed by atoms with van der Waals surface area (Å²) in [4.78, 5) is 18.5. The van der Waals surface area contributed by atoms with Gasteiger partial charge in [-0.3, -0.25) is 9.79 Å². The molecule has 3 aromatic rings. The Morgan fingerprint density at radius 2 is 1.60 bits per heavy atom. The number of hydrogen-bond acceptors (Lipinski definition) is 4. The van der Waals surface area contributed by atoms with Gasteiger partial charge in [-0.05, 0) is 47.7 Å². The van der Waals surface area contributed by atoms with Gasteiger partial charge in [-0.25, -0.2) is 0 Å². The van der Waals surface area contributed by atoms with E-state index in [9.17, 15) is 4.79 Å². The molecule has 1 fully saturated rings. The largest absolute Gasteiger partial charge is 0.497 e. The van der Waals surface area contributed by atoms with Crippen LogP contribution in [0.1, 0.15) is 35.9 Å². The Morgan fingerprint density at radius 1 is 0.867 bits per heavy atom. The highest BCUT2D eigenvalue weighted by Gasteiger charge is 2.41. The first-order chi connectivity index (χ1) is 14.7. The molecule has 3 atom stereocenters. The van der Waals surface area contributed by atoms with Gasteiger partial charge < -0.3 is 10.1 Å². The molecule has 0 amide bonds. The lowest BCUT2D eigenvalue weighted by Gasteiger charge is -2.34. The second kappa shape index (κ2) is 7.79. The number of nitrogens with one attached hydrogen (secondary N) is 1. The van der Waals surface area contributed by atoms with Crippen LogP contribution in [0.5, 0.6) is 5.75 Å². The molecule has 0 aromatic heterocycles. The van der Waals surface area contributed by atoms with Crippen molar-refractivity contribution in [3.8, 4) is 5.75 Å². The Bertz CT molecular complexity index is 1090. The van der Waals surface area contributed by atoms with Crippen molar-refractivity contribution in [2.45, 2.75) is 24.8 Å². The summed E-state index contributed by atoms with van der Waals surface area (Å²) in [5.41, 5.74) is 5.12. The second-order valence-electron chi connectivity index (χ2n) is 7.98. The van der Waals surface area contributed by atoms with E-state index >= 15 is 0 Å². The summed E-state index contributed by atoms with van der Waals surface area (Å²) in [7, 11) is 1.66. The molecular weight excluding hydrogens is 372 g/mol. The average Bonchev–Trinajstić information content (AvgIpc) is 2.96. The van der Waals surface area contributed by atoms with Gasteiger partial charge in [-0.2, -0.15) is 0 Å². The summed E-state index contributed by atoms with van der Waals surface area (Å²) in [5.74, 6) is 0.956. The molecule has 0 saturated heterocycles. The summed E-state index contributed by atoms with van der Waals surface area (Å²) in [6, 6.07) is 26.2. The van der Waals surface area contributed by atoms with Gasteiger partial charge in [-0.1, -0.05) is 54.6 Å². The minimum Gasteiger partial charge on any atom is -0.497 e. The van der Waals surface area contributed by atoms with Crippen molar-refractivity contribution in [3.63, 3.8) is 0 Å². The molecule has 5 rings (SSSR count). The molecule has 0 bridgehead atoms. The van der Waals surface area contributed by atoms with Gasteiger partial charge in [0.05, 0.1) is 30.4 Å². The first-order valence-corrected chi connectivity index (χ1v) is 10.4. The molecule has 1 N–H and O–H groups in total. The number of carbonyl (C=O) groups is 1. The maximum atomic E-state index is 13.5. The Labute approximate surface area is 176 Å². The van der Waals surface area contributed by atoms with Crippen molar-refractivity contribution in [3.05, 3.63) is 90.0 Å². The lowest BCUT2D eigenvalue weighted by Crippen LogP contribution is -2.38. The van der Waals surface area contributed by atoms with Gasteiger partial charge >= 0.3 is 0 Å². The topological polar surface area (TPSA) is 50.7 Å². The van der Waals surface area contributed by atoms with E-state index in [2.05, 4.69) is 29.6 Å². The number of carbonyl (C=O) groups excluding carboxylic acids is 1. The minimum atomic E-state index is -0.255. The average molecular weight is 396 g/mol. The molecule has 0 spiro atoms. The fourth-order valence-corrected chi connectivity index (χ4v) is 4.65. The van der Waals surface area contributed by atoms with Crippen molar-refractivity contribution in [1.82, 2.24) is 0 Å². The van der Waals surface area contributed by atoms with Crippen molar-refractivity contribution >= 4 is 22.9 Å². The molecular formula is C26H24N2O2. The van der Waals surface area contributed by atoms with E-state index < -0.39 is 0 Å². The molecule has 1 saturated carbocycles. The van der Waals surface area contributed by atoms with Crippen LogP contribution in [0.2, 0.25) is 0 Å². The smallest absolute Gasteiger partial charge is 0.144 e. The molecule has 2 aliphatic rings. The minimum absolute atomic E-state index is 0.113. The van der Waals surface area contributed by atoms with Crippen LogP contribution in [0.15, 0.2) is 83.9 Å². The van der Waals surface area contributed by atoms with Crippen molar-refractivity contribution in [2.24, 2.45) is 10.9 Å². The molecule has 150 valence electrons. The van der Waals surface area contributed by atoms with Crippen LogP contribution in [0.25, 0.3) is 0 Å². The van der Waals surface area contributed by atoms with Crippen molar-refractivity contribution in [1.29, 1.82) is 0 Å². The highest BCUT2D eigenvalue weighted by molar-refractivity contribution is 6.10. The monoisotopic (exact) mass is 396 g/mol. The number of fused-ring (bicyclic) bond motifs is 2. The first-order valence-electron chi connectivity index (χ1n) is 10.4. The quantitative estimate of drug-likeness (QED) is 0.618. The lowest BCUT2D eigenvalue weighted by atomic mass is 9.72. The zero-order valence-corrected chi connectivity index (χ0v) is 16.9. The number of rotatable bonds is 3. The van der Waals surface area contributed by atoms with Gasteiger partial charge in [0.1, 0.15) is 11.5 Å². The van der Waals surface area contributed by atoms with E-state index in [1.54, 1.807) is 7.11 Å². The Kier molecular flexibility index (Phi) is 4.83. The SMILES string of the molecule is COc1ccc([C@H]2CC(=O)C3C(=Nc4ccccc4N[C@@H]3c3ccccc3)C2)cc1. The van der Waals surface area contributed by atoms with Crippen LogP contribution in [0, 0.1) is 5.92 Å². The molecule has 4 nitrogen and oxygen atoms in total. The van der Waals surface area contributed by atoms with E-state index in [-0.39, 0.29) is 23.7 Å². The van der Waals surface area contributed by atoms with E-state index in [1.165, 1.54) is 0 Å². The maximum Gasteiger partial charge on any atom is 0.144 e. The fourth-order valence-electron chi connectivity index (χ4n) is 4.65. The van der Waals surface area contributed by atoms with Gasteiger partial charge in [0.25, 0.3) is 0 Å². The van der Waals surface area contributed by atoms with Crippen molar-refractivity contribution < 1.29 is 9.53 Å². The van der Waals surface area contributed by atoms with Crippen LogP contribution < -0.4 is 10.1 Å². The van der Waals surface area contributed by atoms with Gasteiger partial charge in [0, 0.05) is 12.1 Å². The lowest BCUT2D eigenvalue weighted by molar-refractivity contribution is -0.122. The summed E-state index contributed by atoms with van der Waals surface area (Å²) >= 11 is 0. The summed E-state index contributed by atoms with van der Waals surface area (Å²) < 4.78 is 5.28. The molecule has 3 aromatic carbocycles. The number of ketones is 1. The van der Waals surface area contributed by atoms with E-state index in [4.69, 9.17) is 9.73 Å². The predicted octanol–water partition coefficient (Wildman–Crippen LogP) is 5.70. The van der Waals surface area contributed by atoms with E-state index in [0.29, 0.717) is 6.42 Å². The predicted molar refractivity (Wildman–Crippen MR) is 120 cm³/mol. The van der Waals surface area contributed by atoms with Crippen LogP contribution >= 0.6 is 0 Å². The molecule has 1 heterocycles. The number of para-hydroxylation sites is 2. The summed E-state index contributed by atoms with van der Waals surface area (Å²) in [6.45, 7) is 0. The van der Waals surface area contributed by atoms with Crippen molar-refractivity contribution in [2.75, 3.05) is 12.4 Å². The zero-order valence-electron chi connectivity index (χ0n) is 16.9. The molecule has 1 aliphatic carbocycles. The van der Waals surface area contributed by atoms with Gasteiger partial charge in [0.15, 0.2) is 0 Å². The number of Topliss-reactive ketones (excluding diaryl/α,β-unsaturated/α-hetero) is 1. The third kappa shape index (κ3) is 3.39. The van der Waals surface area contributed by atoms with Crippen LogP contribution in [0.3, 0.4) is 0 Å². The Morgan fingerprint density at radius 3 is 2.37 bits per heavy atom.